The number of nitrogens with one attached hydrogen (secondary N) is 1. The molecule has 2 aromatic carbocycles. The largest absolute Gasteiger partial charge is 0.436 e. The first-order valence-corrected chi connectivity index (χ1v) is 9.00. The van der Waals surface area contributed by atoms with E-state index in [0.717, 1.165) is 23.6 Å². The van der Waals surface area contributed by atoms with Crippen LogP contribution in [0.3, 0.4) is 0 Å². The number of carbonyl (C=O) groups is 1. The molecule has 146 valence electrons. The number of furan rings is 1. The van der Waals surface area contributed by atoms with Gasteiger partial charge in [-0.15, -0.1) is 0 Å². The summed E-state index contributed by atoms with van der Waals surface area (Å²) in [4.78, 5) is 27.0. The zero-order valence-corrected chi connectivity index (χ0v) is 15.8. The summed E-state index contributed by atoms with van der Waals surface area (Å²) in [5.74, 6) is -0.769. The number of amides is 1. The normalized spacial score (nSPS) is 11.0. The molecule has 0 aliphatic rings. The van der Waals surface area contributed by atoms with Crippen LogP contribution in [0.1, 0.15) is 28.6 Å². The summed E-state index contributed by atoms with van der Waals surface area (Å²) in [5.41, 5.74) is 4.67. The van der Waals surface area contributed by atoms with E-state index in [2.05, 4.69) is 17.2 Å². The average Bonchev–Trinajstić information content (AvgIpc) is 3.36. The van der Waals surface area contributed by atoms with E-state index < -0.39 is 16.7 Å². The quantitative estimate of drug-likeness (QED) is 0.373. The van der Waals surface area contributed by atoms with Gasteiger partial charge in [0.1, 0.15) is 10.4 Å². The van der Waals surface area contributed by atoms with Crippen LogP contribution in [-0.2, 0) is 6.42 Å². The molecule has 8 nitrogen and oxygen atoms in total. The molecular weight excluding hydrogens is 374 g/mol. The molecule has 0 saturated carbocycles. The Bertz CT molecular complexity index is 1240. The lowest BCUT2D eigenvalue weighted by Gasteiger charge is -2.08. The summed E-state index contributed by atoms with van der Waals surface area (Å²) in [6.45, 7) is 3.91. The third-order valence-corrected chi connectivity index (χ3v) is 4.59. The summed E-state index contributed by atoms with van der Waals surface area (Å²) >= 11 is 0. The van der Waals surface area contributed by atoms with Crippen molar-refractivity contribution in [1.82, 2.24) is 4.98 Å². The minimum absolute atomic E-state index is 0.143. The van der Waals surface area contributed by atoms with E-state index in [1.165, 1.54) is 11.6 Å². The molecule has 29 heavy (non-hydrogen) atoms. The average molecular weight is 391 g/mol. The number of fused-ring (bicyclic) bond motifs is 1. The molecule has 0 bridgehead atoms. The van der Waals surface area contributed by atoms with Gasteiger partial charge in [-0.05, 0) is 54.8 Å². The molecule has 1 amide bonds. The highest BCUT2D eigenvalue weighted by atomic mass is 16.6. The predicted octanol–water partition coefficient (Wildman–Crippen LogP) is 5.12. The van der Waals surface area contributed by atoms with Crippen molar-refractivity contribution in [2.45, 2.75) is 20.3 Å². The molecule has 0 aliphatic heterocycles. The maximum Gasteiger partial charge on any atom is 0.433 e. The highest BCUT2D eigenvalue weighted by Gasteiger charge is 2.18. The Hall–Kier alpha value is -3.94. The number of aryl methyl sites for hydroxylation is 2. The topological polar surface area (TPSA) is 111 Å². The second-order valence-electron chi connectivity index (χ2n) is 6.55. The Balaban J connectivity index is 1.63. The Morgan fingerprint density at radius 3 is 2.69 bits per heavy atom. The lowest BCUT2D eigenvalue weighted by molar-refractivity contribution is -0.402. The number of anilines is 1. The summed E-state index contributed by atoms with van der Waals surface area (Å²) in [7, 11) is 0. The number of aromatic nitrogens is 1. The van der Waals surface area contributed by atoms with Crippen molar-refractivity contribution >= 4 is 28.6 Å². The first-order chi connectivity index (χ1) is 13.9. The molecule has 0 spiro atoms. The van der Waals surface area contributed by atoms with Crippen LogP contribution in [-0.4, -0.2) is 15.8 Å². The van der Waals surface area contributed by atoms with Crippen molar-refractivity contribution in [3.8, 4) is 11.5 Å². The number of rotatable bonds is 5. The maximum absolute atomic E-state index is 12.4. The fourth-order valence-electron chi connectivity index (χ4n) is 2.94. The van der Waals surface area contributed by atoms with Gasteiger partial charge < -0.3 is 14.2 Å². The Morgan fingerprint density at radius 2 is 1.97 bits per heavy atom. The Kier molecular flexibility index (Phi) is 4.59. The van der Waals surface area contributed by atoms with Crippen LogP contribution in [0.2, 0.25) is 0 Å². The molecule has 1 N–H and O–H groups in total. The SMILES string of the molecule is CCc1ccc2oc(-c3ccc(C)c(NC(=O)c4ccc([N+](=O)[O-])o4)c3)nc2c1. The zero-order valence-electron chi connectivity index (χ0n) is 15.8. The molecular formula is C21H17N3O5. The van der Waals surface area contributed by atoms with Gasteiger partial charge in [-0.1, -0.05) is 19.1 Å². The highest BCUT2D eigenvalue weighted by Crippen LogP contribution is 2.29. The molecule has 0 fully saturated rings. The predicted molar refractivity (Wildman–Crippen MR) is 107 cm³/mol. The molecule has 2 aromatic heterocycles. The number of hydrogen-bond acceptors (Lipinski definition) is 6. The fourth-order valence-corrected chi connectivity index (χ4v) is 2.94. The van der Waals surface area contributed by atoms with Crippen LogP contribution in [0.25, 0.3) is 22.6 Å². The van der Waals surface area contributed by atoms with Gasteiger partial charge in [0.2, 0.25) is 5.89 Å². The molecule has 0 unspecified atom stereocenters. The monoisotopic (exact) mass is 391 g/mol. The number of nitrogens with zero attached hydrogens (tertiary/aromatic N) is 2. The first-order valence-electron chi connectivity index (χ1n) is 9.00. The maximum atomic E-state index is 12.4. The lowest BCUT2D eigenvalue weighted by Crippen LogP contribution is -2.12. The van der Waals surface area contributed by atoms with Crippen LogP contribution in [0, 0.1) is 17.0 Å². The molecule has 8 heteroatoms. The first kappa shape index (κ1) is 18.4. The molecule has 0 aliphatic carbocycles. The van der Waals surface area contributed by atoms with Crippen molar-refractivity contribution in [3.05, 3.63) is 75.5 Å². The van der Waals surface area contributed by atoms with Crippen molar-refractivity contribution in [2.75, 3.05) is 5.32 Å². The van der Waals surface area contributed by atoms with E-state index in [0.29, 0.717) is 22.7 Å². The third kappa shape index (κ3) is 3.60. The summed E-state index contributed by atoms with van der Waals surface area (Å²) in [6, 6.07) is 13.7. The molecule has 4 aromatic rings. The van der Waals surface area contributed by atoms with E-state index in [1.54, 1.807) is 6.07 Å². The fraction of sp³-hybridized carbons (Fsp3) is 0.143. The van der Waals surface area contributed by atoms with Crippen molar-refractivity contribution in [2.24, 2.45) is 0 Å². The number of carbonyl (C=O) groups excluding carboxylic acids is 1. The van der Waals surface area contributed by atoms with E-state index >= 15 is 0 Å². The van der Waals surface area contributed by atoms with Crippen LogP contribution in [0.4, 0.5) is 11.6 Å². The second kappa shape index (κ2) is 7.23. The zero-order chi connectivity index (χ0) is 20.5. The van der Waals surface area contributed by atoms with Gasteiger partial charge in [-0.3, -0.25) is 14.9 Å². The van der Waals surface area contributed by atoms with Crippen molar-refractivity contribution in [1.29, 1.82) is 0 Å². The Labute approximate surface area is 165 Å². The van der Waals surface area contributed by atoms with Gasteiger partial charge in [0.05, 0.1) is 6.07 Å². The smallest absolute Gasteiger partial charge is 0.433 e. The minimum atomic E-state index is -0.695. The van der Waals surface area contributed by atoms with E-state index in [-0.39, 0.29) is 5.76 Å². The van der Waals surface area contributed by atoms with Crippen molar-refractivity contribution in [3.63, 3.8) is 0 Å². The second-order valence-corrected chi connectivity index (χ2v) is 6.55. The summed E-state index contributed by atoms with van der Waals surface area (Å²) in [5, 5.41) is 13.4. The third-order valence-electron chi connectivity index (χ3n) is 4.59. The van der Waals surface area contributed by atoms with Crippen LogP contribution >= 0.6 is 0 Å². The summed E-state index contributed by atoms with van der Waals surface area (Å²) < 4.78 is 10.8. The van der Waals surface area contributed by atoms with E-state index in [1.807, 2.05) is 37.3 Å². The van der Waals surface area contributed by atoms with Crippen LogP contribution < -0.4 is 5.32 Å². The Morgan fingerprint density at radius 1 is 1.14 bits per heavy atom. The van der Waals surface area contributed by atoms with Gasteiger partial charge in [0, 0.05) is 11.3 Å². The molecule has 0 atom stereocenters. The molecule has 0 radical (unpaired) electrons. The number of hydrogen-bond donors (Lipinski definition) is 1. The number of oxazole rings is 1. The van der Waals surface area contributed by atoms with Crippen LogP contribution in [0.5, 0.6) is 0 Å². The van der Waals surface area contributed by atoms with Gasteiger partial charge >= 0.3 is 5.88 Å². The van der Waals surface area contributed by atoms with Gasteiger partial charge in [0.25, 0.3) is 5.91 Å². The molecule has 2 heterocycles. The molecule has 4 rings (SSSR count). The van der Waals surface area contributed by atoms with Gasteiger partial charge in [0.15, 0.2) is 11.3 Å². The lowest BCUT2D eigenvalue weighted by atomic mass is 10.1. The van der Waals surface area contributed by atoms with E-state index in [9.17, 15) is 14.9 Å². The number of nitro groups is 1. The van der Waals surface area contributed by atoms with E-state index in [4.69, 9.17) is 8.83 Å². The van der Waals surface area contributed by atoms with Crippen molar-refractivity contribution < 1.29 is 18.6 Å². The molecule has 0 saturated heterocycles. The van der Waals surface area contributed by atoms with Gasteiger partial charge in [-0.25, -0.2) is 4.98 Å². The standard InChI is InChI=1S/C21H17N3O5/c1-3-13-5-7-17-16(10-13)23-21(29-17)14-6-4-12(2)15(11-14)22-20(25)18-8-9-19(28-18)24(26)27/h4-11H,3H2,1-2H3,(H,22,25). The summed E-state index contributed by atoms with van der Waals surface area (Å²) in [6.07, 6.45) is 0.907. The van der Waals surface area contributed by atoms with Crippen LogP contribution in [0.15, 0.2) is 57.4 Å². The minimum Gasteiger partial charge on any atom is -0.436 e. The highest BCUT2D eigenvalue weighted by molar-refractivity contribution is 6.03. The van der Waals surface area contributed by atoms with Gasteiger partial charge in [-0.2, -0.15) is 0 Å². The number of benzene rings is 2.